The predicted octanol–water partition coefficient (Wildman–Crippen LogP) is 4.08. The molecule has 156 valence electrons. The van der Waals surface area contributed by atoms with Crippen LogP contribution in [-0.4, -0.2) is 21.4 Å². The summed E-state index contributed by atoms with van der Waals surface area (Å²) < 4.78 is 2.06. The van der Waals surface area contributed by atoms with E-state index in [4.69, 9.17) is 0 Å². The van der Waals surface area contributed by atoms with Gasteiger partial charge in [0.05, 0.1) is 0 Å². The Morgan fingerprint density at radius 1 is 1.03 bits per heavy atom. The second kappa shape index (κ2) is 9.87. The summed E-state index contributed by atoms with van der Waals surface area (Å²) in [5.41, 5.74) is 2.54. The van der Waals surface area contributed by atoms with Gasteiger partial charge in [-0.2, -0.15) is 0 Å². The quantitative estimate of drug-likeness (QED) is 0.594. The van der Waals surface area contributed by atoms with Crippen LogP contribution >= 0.6 is 0 Å². The molecule has 2 amide bonds. The zero-order valence-corrected chi connectivity index (χ0v) is 17.6. The molecule has 1 unspecified atom stereocenters. The molecule has 0 aliphatic carbocycles. The fourth-order valence-electron chi connectivity index (χ4n) is 3.21. The molecule has 0 fully saturated rings. The van der Waals surface area contributed by atoms with Gasteiger partial charge < -0.3 is 15.2 Å². The number of hydrogen-bond acceptors (Lipinski definition) is 3. The van der Waals surface area contributed by atoms with E-state index in [0.717, 1.165) is 23.5 Å². The number of aromatic nitrogens is 2. The normalized spacial score (nSPS) is 11.9. The monoisotopic (exact) mass is 404 g/mol. The van der Waals surface area contributed by atoms with Gasteiger partial charge in [-0.15, -0.1) is 0 Å². The van der Waals surface area contributed by atoms with Gasteiger partial charge in [0.15, 0.2) is 0 Å². The van der Waals surface area contributed by atoms with Gasteiger partial charge in [-0.3, -0.25) is 9.59 Å². The number of carbonyl (C=O) groups excluding carboxylic acids is 2. The first-order chi connectivity index (χ1) is 14.4. The van der Waals surface area contributed by atoms with Crippen LogP contribution in [0.2, 0.25) is 0 Å². The first-order valence-corrected chi connectivity index (χ1v) is 10.1. The van der Waals surface area contributed by atoms with Gasteiger partial charge >= 0.3 is 0 Å². The maximum Gasteiger partial charge on any atom is 0.251 e. The number of imidazole rings is 1. The lowest BCUT2D eigenvalue weighted by Crippen LogP contribution is -2.37. The Morgan fingerprint density at radius 3 is 2.33 bits per heavy atom. The minimum absolute atomic E-state index is 0.139. The predicted molar refractivity (Wildman–Crippen MR) is 118 cm³/mol. The molecule has 0 saturated heterocycles. The van der Waals surface area contributed by atoms with Crippen LogP contribution in [0.5, 0.6) is 0 Å². The second-order valence-corrected chi connectivity index (χ2v) is 7.80. The molecular weight excluding hydrogens is 376 g/mol. The van der Waals surface area contributed by atoms with Gasteiger partial charge in [0.1, 0.15) is 11.9 Å². The fourth-order valence-corrected chi connectivity index (χ4v) is 3.21. The van der Waals surface area contributed by atoms with E-state index in [-0.39, 0.29) is 17.7 Å². The Kier molecular flexibility index (Phi) is 7.01. The highest BCUT2D eigenvalue weighted by Gasteiger charge is 2.23. The number of nitrogens with one attached hydrogen (secondary N) is 2. The topological polar surface area (TPSA) is 76.0 Å². The Balaban J connectivity index is 1.70. The summed E-state index contributed by atoms with van der Waals surface area (Å²) in [7, 11) is 0. The number of carbonyl (C=O) groups is 2. The van der Waals surface area contributed by atoms with E-state index < -0.39 is 6.04 Å². The summed E-state index contributed by atoms with van der Waals surface area (Å²) in [6.45, 7) is 6.64. The lowest BCUT2D eigenvalue weighted by molar-refractivity contribution is -0.127. The number of rotatable bonds is 8. The van der Waals surface area contributed by atoms with Crippen LogP contribution in [0.15, 0.2) is 67.0 Å². The van der Waals surface area contributed by atoms with E-state index in [1.54, 1.807) is 6.20 Å². The van der Waals surface area contributed by atoms with Crippen molar-refractivity contribution in [2.45, 2.75) is 39.8 Å². The molecule has 6 heteroatoms. The van der Waals surface area contributed by atoms with E-state index >= 15 is 0 Å². The van der Waals surface area contributed by atoms with Crippen molar-refractivity contribution in [3.8, 4) is 0 Å². The molecule has 2 aromatic carbocycles. The maximum absolute atomic E-state index is 13.0. The Bertz CT molecular complexity index is 978. The highest BCUT2D eigenvalue weighted by Crippen LogP contribution is 2.18. The second-order valence-electron chi connectivity index (χ2n) is 7.80. The Morgan fingerprint density at radius 2 is 1.73 bits per heavy atom. The number of nitrogens with zero attached hydrogens (tertiary/aromatic N) is 2. The summed E-state index contributed by atoms with van der Waals surface area (Å²) in [4.78, 5) is 29.5. The maximum atomic E-state index is 13.0. The molecule has 2 N–H and O–H groups in total. The van der Waals surface area contributed by atoms with Crippen molar-refractivity contribution in [3.05, 3.63) is 83.9 Å². The molecule has 3 rings (SSSR count). The molecule has 0 saturated carbocycles. The third kappa shape index (κ3) is 5.80. The summed E-state index contributed by atoms with van der Waals surface area (Å²) in [5.74, 6) is 0.767. The van der Waals surface area contributed by atoms with E-state index in [1.807, 2.05) is 81.6 Å². The minimum Gasteiger partial charge on any atom is -0.341 e. The van der Waals surface area contributed by atoms with Crippen LogP contribution in [0.25, 0.3) is 0 Å². The first-order valence-electron chi connectivity index (χ1n) is 10.1. The van der Waals surface area contributed by atoms with Gasteiger partial charge in [-0.1, -0.05) is 56.3 Å². The van der Waals surface area contributed by atoms with Gasteiger partial charge in [-0.05, 0) is 36.1 Å². The van der Waals surface area contributed by atoms with Crippen LogP contribution in [0.1, 0.15) is 43.3 Å². The highest BCUT2D eigenvalue weighted by molar-refractivity contribution is 5.97. The molecule has 0 aliphatic heterocycles. The molecule has 1 heterocycles. The van der Waals surface area contributed by atoms with E-state index in [0.29, 0.717) is 12.1 Å². The van der Waals surface area contributed by atoms with Crippen molar-refractivity contribution >= 4 is 17.5 Å². The van der Waals surface area contributed by atoms with E-state index in [1.165, 1.54) is 0 Å². The van der Waals surface area contributed by atoms with Crippen molar-refractivity contribution in [2.24, 2.45) is 5.92 Å². The zero-order chi connectivity index (χ0) is 21.5. The number of hydrogen-bond donors (Lipinski definition) is 2. The largest absolute Gasteiger partial charge is 0.341 e. The van der Waals surface area contributed by atoms with Crippen LogP contribution in [-0.2, 0) is 16.1 Å². The Labute approximate surface area is 177 Å². The SMILES string of the molecule is Cc1nccn1Cc1ccc(NC(=O)C(NC(=O)CC(C)C)c2ccccc2)cc1. The molecular formula is C24H28N4O2. The van der Waals surface area contributed by atoms with Gasteiger partial charge in [-0.25, -0.2) is 4.98 Å². The van der Waals surface area contributed by atoms with Crippen LogP contribution < -0.4 is 10.6 Å². The third-order valence-electron chi connectivity index (χ3n) is 4.79. The number of benzene rings is 2. The molecule has 1 atom stereocenters. The summed E-state index contributed by atoms with van der Waals surface area (Å²) in [5, 5.41) is 5.79. The van der Waals surface area contributed by atoms with Gasteiger partial charge in [0.2, 0.25) is 5.91 Å². The standard InChI is InChI=1S/C24H28N4O2/c1-17(2)15-22(29)27-23(20-7-5-4-6-8-20)24(30)26-21-11-9-19(10-12-21)16-28-14-13-25-18(28)3/h4-14,17,23H,15-16H2,1-3H3,(H,26,30)(H,27,29). The fraction of sp³-hybridized carbons (Fsp3) is 0.292. The van der Waals surface area contributed by atoms with Crippen LogP contribution in [0.3, 0.4) is 0 Å². The lowest BCUT2D eigenvalue weighted by atomic mass is 10.0. The molecule has 30 heavy (non-hydrogen) atoms. The average Bonchev–Trinajstić information content (AvgIpc) is 3.12. The molecule has 0 bridgehead atoms. The summed E-state index contributed by atoms with van der Waals surface area (Å²) in [6, 6.07) is 16.2. The highest BCUT2D eigenvalue weighted by atomic mass is 16.2. The molecule has 0 radical (unpaired) electrons. The smallest absolute Gasteiger partial charge is 0.251 e. The van der Waals surface area contributed by atoms with Gasteiger partial charge in [0.25, 0.3) is 5.91 Å². The molecule has 1 aromatic heterocycles. The number of aryl methyl sites for hydroxylation is 1. The lowest BCUT2D eigenvalue weighted by Gasteiger charge is -2.19. The third-order valence-corrected chi connectivity index (χ3v) is 4.79. The zero-order valence-electron chi connectivity index (χ0n) is 17.6. The number of amides is 2. The van der Waals surface area contributed by atoms with E-state index in [9.17, 15) is 9.59 Å². The summed E-state index contributed by atoms with van der Waals surface area (Å²) in [6.07, 6.45) is 4.09. The van der Waals surface area contributed by atoms with E-state index in [2.05, 4.69) is 20.2 Å². The van der Waals surface area contributed by atoms with Crippen LogP contribution in [0.4, 0.5) is 5.69 Å². The molecule has 0 aliphatic rings. The van der Waals surface area contributed by atoms with Crippen molar-refractivity contribution in [2.75, 3.05) is 5.32 Å². The first kappa shape index (κ1) is 21.3. The molecule has 6 nitrogen and oxygen atoms in total. The van der Waals surface area contributed by atoms with Gasteiger partial charge in [0, 0.05) is 31.0 Å². The van der Waals surface area contributed by atoms with Crippen molar-refractivity contribution < 1.29 is 9.59 Å². The van der Waals surface area contributed by atoms with Crippen molar-refractivity contribution in [1.29, 1.82) is 0 Å². The molecule has 3 aromatic rings. The summed E-state index contributed by atoms with van der Waals surface area (Å²) >= 11 is 0. The van der Waals surface area contributed by atoms with Crippen molar-refractivity contribution in [3.63, 3.8) is 0 Å². The van der Waals surface area contributed by atoms with Crippen LogP contribution in [0, 0.1) is 12.8 Å². The minimum atomic E-state index is -0.745. The Hall–Kier alpha value is -3.41. The average molecular weight is 405 g/mol. The molecule has 0 spiro atoms. The number of anilines is 1. The van der Waals surface area contributed by atoms with Crippen molar-refractivity contribution in [1.82, 2.24) is 14.9 Å².